The number of carbonyl (C=O) groups is 1. The van der Waals surface area contributed by atoms with E-state index in [9.17, 15) is 9.59 Å². The number of methoxy groups -OCH3 is 1. The number of fused-ring (bicyclic) bond motifs is 1. The van der Waals surface area contributed by atoms with E-state index in [-0.39, 0.29) is 12.2 Å². The molecule has 0 aliphatic carbocycles. The van der Waals surface area contributed by atoms with Gasteiger partial charge in [0.25, 0.3) is 5.56 Å². The van der Waals surface area contributed by atoms with Crippen molar-refractivity contribution >= 4 is 34.7 Å². The summed E-state index contributed by atoms with van der Waals surface area (Å²) in [6, 6.07) is 8.77. The highest BCUT2D eigenvalue weighted by molar-refractivity contribution is 7.10. The van der Waals surface area contributed by atoms with Crippen molar-refractivity contribution in [2.75, 3.05) is 20.3 Å². The summed E-state index contributed by atoms with van der Waals surface area (Å²) in [5.74, 6) is 0.782. The molecule has 0 amide bonds. The standard InChI is InChI=1S/C24H24N2O5S2/c1-5-30-17-12-15(9-10-16(17)29-4)13-19-22(27)26-21(18-8-7-11-32-18)20(23(28)31-6-2)14(3)25-24(26)33-19/h7-13,21H,5-6H2,1-4H3/b19-13+/t21-/m0/s1. The molecule has 1 aliphatic heterocycles. The van der Waals surface area contributed by atoms with E-state index in [2.05, 4.69) is 4.99 Å². The lowest BCUT2D eigenvalue weighted by molar-refractivity contribution is -0.139. The maximum Gasteiger partial charge on any atom is 0.338 e. The van der Waals surface area contributed by atoms with E-state index in [0.29, 0.717) is 38.7 Å². The smallest absolute Gasteiger partial charge is 0.338 e. The fraction of sp³-hybridized carbons (Fsp3) is 0.292. The molecule has 1 aliphatic rings. The summed E-state index contributed by atoms with van der Waals surface area (Å²) in [5, 5.41) is 1.93. The van der Waals surface area contributed by atoms with Crippen LogP contribution in [0.4, 0.5) is 0 Å². The second kappa shape index (κ2) is 9.76. The third-order valence-electron chi connectivity index (χ3n) is 5.11. The normalized spacial score (nSPS) is 15.8. The molecule has 0 saturated heterocycles. The lowest BCUT2D eigenvalue weighted by Gasteiger charge is -2.23. The SMILES string of the molecule is CCOC(=O)C1=C(C)N=c2s/c(=C/c3ccc(OC)c(OCC)c3)c(=O)n2[C@H]1c1cccs1. The molecule has 0 bridgehead atoms. The first-order chi connectivity index (χ1) is 16.0. The fourth-order valence-corrected chi connectivity index (χ4v) is 5.58. The summed E-state index contributed by atoms with van der Waals surface area (Å²) in [6.07, 6.45) is 1.81. The van der Waals surface area contributed by atoms with Crippen molar-refractivity contribution in [2.24, 2.45) is 4.99 Å². The highest BCUT2D eigenvalue weighted by Crippen LogP contribution is 2.33. The molecule has 3 heterocycles. The van der Waals surface area contributed by atoms with Crippen LogP contribution in [0.15, 0.2) is 56.8 Å². The van der Waals surface area contributed by atoms with Crippen LogP contribution < -0.4 is 24.4 Å². The topological polar surface area (TPSA) is 79.1 Å². The number of hydrogen-bond donors (Lipinski definition) is 0. The van der Waals surface area contributed by atoms with Crippen molar-refractivity contribution < 1.29 is 19.0 Å². The Morgan fingerprint density at radius 1 is 1.21 bits per heavy atom. The molecule has 2 aromatic heterocycles. The Hall–Kier alpha value is -3.17. The second-order valence-electron chi connectivity index (χ2n) is 7.16. The van der Waals surface area contributed by atoms with E-state index in [1.54, 1.807) is 31.6 Å². The molecule has 0 saturated carbocycles. The van der Waals surface area contributed by atoms with Gasteiger partial charge in [-0.15, -0.1) is 11.3 Å². The van der Waals surface area contributed by atoms with Crippen molar-refractivity contribution in [3.05, 3.63) is 77.1 Å². The van der Waals surface area contributed by atoms with E-state index in [1.807, 2.05) is 42.6 Å². The maximum atomic E-state index is 13.5. The summed E-state index contributed by atoms with van der Waals surface area (Å²) < 4.78 is 18.4. The third-order valence-corrected chi connectivity index (χ3v) is 7.02. The number of ether oxygens (including phenoxy) is 3. The molecule has 0 fully saturated rings. The number of hydrogen-bond acceptors (Lipinski definition) is 8. The first-order valence-corrected chi connectivity index (χ1v) is 12.2. The Balaban J connectivity index is 1.88. The number of benzene rings is 1. The van der Waals surface area contributed by atoms with Gasteiger partial charge in [-0.2, -0.15) is 0 Å². The summed E-state index contributed by atoms with van der Waals surface area (Å²) in [6.45, 7) is 6.18. The number of carbonyl (C=O) groups excluding carboxylic acids is 1. The molecular weight excluding hydrogens is 460 g/mol. The minimum Gasteiger partial charge on any atom is -0.493 e. The van der Waals surface area contributed by atoms with Gasteiger partial charge < -0.3 is 14.2 Å². The average Bonchev–Trinajstić information content (AvgIpc) is 3.42. The molecule has 4 rings (SSSR count). The Morgan fingerprint density at radius 2 is 2.03 bits per heavy atom. The number of thiazole rings is 1. The van der Waals surface area contributed by atoms with Crippen LogP contribution in [-0.2, 0) is 9.53 Å². The summed E-state index contributed by atoms with van der Waals surface area (Å²) in [7, 11) is 1.59. The predicted octanol–water partition coefficient (Wildman–Crippen LogP) is 3.27. The molecule has 0 radical (unpaired) electrons. The molecule has 0 unspecified atom stereocenters. The Morgan fingerprint density at radius 3 is 2.70 bits per heavy atom. The molecule has 9 heteroatoms. The first kappa shape index (κ1) is 23.0. The first-order valence-electron chi connectivity index (χ1n) is 10.5. The molecular formula is C24H24N2O5S2. The zero-order valence-electron chi connectivity index (χ0n) is 18.8. The number of allylic oxidation sites excluding steroid dienone is 1. The fourth-order valence-electron chi connectivity index (χ4n) is 3.71. The van der Waals surface area contributed by atoms with E-state index < -0.39 is 12.0 Å². The number of rotatable bonds is 7. The average molecular weight is 485 g/mol. The van der Waals surface area contributed by atoms with Crippen LogP contribution in [0.5, 0.6) is 11.5 Å². The van der Waals surface area contributed by atoms with Crippen molar-refractivity contribution in [3.8, 4) is 11.5 Å². The molecule has 0 spiro atoms. The highest BCUT2D eigenvalue weighted by Gasteiger charge is 2.33. The van der Waals surface area contributed by atoms with Gasteiger partial charge >= 0.3 is 5.97 Å². The number of thiophene rings is 1. The summed E-state index contributed by atoms with van der Waals surface area (Å²) in [5.41, 5.74) is 1.54. The summed E-state index contributed by atoms with van der Waals surface area (Å²) >= 11 is 2.78. The predicted molar refractivity (Wildman–Crippen MR) is 129 cm³/mol. The minimum absolute atomic E-state index is 0.208. The molecule has 1 atom stereocenters. The van der Waals surface area contributed by atoms with Gasteiger partial charge in [0.1, 0.15) is 6.04 Å². The van der Waals surface area contributed by atoms with Gasteiger partial charge in [-0.1, -0.05) is 23.5 Å². The summed E-state index contributed by atoms with van der Waals surface area (Å²) in [4.78, 5) is 32.4. The van der Waals surface area contributed by atoms with Crippen LogP contribution in [-0.4, -0.2) is 30.9 Å². The quantitative estimate of drug-likeness (QED) is 0.481. The van der Waals surface area contributed by atoms with Crippen molar-refractivity contribution in [2.45, 2.75) is 26.8 Å². The van der Waals surface area contributed by atoms with Crippen molar-refractivity contribution in [3.63, 3.8) is 0 Å². The lowest BCUT2D eigenvalue weighted by Crippen LogP contribution is -2.39. The van der Waals surface area contributed by atoms with Gasteiger partial charge in [-0.3, -0.25) is 9.36 Å². The largest absolute Gasteiger partial charge is 0.493 e. The molecule has 33 heavy (non-hydrogen) atoms. The van der Waals surface area contributed by atoms with E-state index in [4.69, 9.17) is 14.2 Å². The van der Waals surface area contributed by atoms with E-state index in [0.717, 1.165) is 10.4 Å². The second-order valence-corrected chi connectivity index (χ2v) is 9.15. The Kier molecular flexibility index (Phi) is 6.80. The van der Waals surface area contributed by atoms with Gasteiger partial charge in [0.2, 0.25) is 0 Å². The van der Waals surface area contributed by atoms with Crippen molar-refractivity contribution in [1.82, 2.24) is 4.57 Å². The van der Waals surface area contributed by atoms with E-state index >= 15 is 0 Å². The van der Waals surface area contributed by atoms with E-state index in [1.165, 1.54) is 22.7 Å². The minimum atomic E-state index is -0.572. The van der Waals surface area contributed by atoms with Gasteiger partial charge in [0, 0.05) is 4.88 Å². The van der Waals surface area contributed by atoms with Gasteiger partial charge in [0.05, 0.1) is 36.1 Å². The van der Waals surface area contributed by atoms with Gasteiger partial charge in [-0.05, 0) is 56.0 Å². The molecule has 7 nitrogen and oxygen atoms in total. The zero-order valence-corrected chi connectivity index (χ0v) is 20.4. The van der Waals surface area contributed by atoms with Gasteiger partial charge in [-0.25, -0.2) is 9.79 Å². The molecule has 172 valence electrons. The number of aromatic nitrogens is 1. The molecule has 1 aromatic carbocycles. The van der Waals surface area contributed by atoms with Crippen molar-refractivity contribution in [1.29, 1.82) is 0 Å². The van der Waals surface area contributed by atoms with Crippen LogP contribution in [0.3, 0.4) is 0 Å². The zero-order chi connectivity index (χ0) is 23.5. The molecule has 0 N–H and O–H groups in total. The van der Waals surface area contributed by atoms with Crippen LogP contribution in [0.25, 0.3) is 6.08 Å². The Labute approximate surface area is 198 Å². The monoisotopic (exact) mass is 484 g/mol. The van der Waals surface area contributed by atoms with Crippen LogP contribution in [0.2, 0.25) is 0 Å². The molecule has 3 aromatic rings. The number of esters is 1. The van der Waals surface area contributed by atoms with Crippen LogP contribution >= 0.6 is 22.7 Å². The van der Waals surface area contributed by atoms with Crippen LogP contribution in [0.1, 0.15) is 37.3 Å². The maximum absolute atomic E-state index is 13.5. The van der Waals surface area contributed by atoms with Gasteiger partial charge in [0.15, 0.2) is 16.3 Å². The third kappa shape index (κ3) is 4.38. The Bertz CT molecular complexity index is 1380. The van der Waals surface area contributed by atoms with Crippen LogP contribution in [0, 0.1) is 0 Å². The number of nitrogens with zero attached hydrogens (tertiary/aromatic N) is 2. The lowest BCUT2D eigenvalue weighted by atomic mass is 10.0. The highest BCUT2D eigenvalue weighted by atomic mass is 32.1.